The van der Waals surface area contributed by atoms with Gasteiger partial charge in [0.2, 0.25) is 0 Å². The predicted octanol–water partition coefficient (Wildman–Crippen LogP) is 4.99. The highest BCUT2D eigenvalue weighted by Gasteiger charge is 2.12. The lowest BCUT2D eigenvalue weighted by Crippen LogP contribution is -2.16. The third kappa shape index (κ3) is 22.9. The van der Waals surface area contributed by atoms with E-state index in [-0.39, 0.29) is 21.2 Å². The zero-order chi connectivity index (χ0) is 28.5. The van der Waals surface area contributed by atoms with Crippen LogP contribution in [-0.2, 0) is 19.6 Å². The molecule has 0 aliphatic heterocycles. The summed E-state index contributed by atoms with van der Waals surface area (Å²) in [7, 11) is 12.2. The highest BCUT2D eigenvalue weighted by molar-refractivity contribution is 5.45. The number of nitrogens with one attached hydrogen (secondary N) is 1. The Bertz CT molecular complexity index is 1330. The second-order valence-electron chi connectivity index (χ2n) is 7.85. The molecule has 0 aliphatic carbocycles. The van der Waals surface area contributed by atoms with Crippen molar-refractivity contribution in [2.75, 3.05) is 42.3 Å². The van der Waals surface area contributed by atoms with Gasteiger partial charge >= 0.3 is 0 Å². The van der Waals surface area contributed by atoms with Gasteiger partial charge in [0.15, 0.2) is 0 Å². The van der Waals surface area contributed by atoms with Gasteiger partial charge in [-0.15, -0.1) is 12.0 Å². The molecule has 0 bridgehead atoms. The average molecular weight is 533 g/mol. The minimum absolute atomic E-state index is 0. The molecule has 0 amide bonds. The smallest absolute Gasteiger partial charge is 0.124 e. The van der Waals surface area contributed by atoms with Crippen molar-refractivity contribution in [2.24, 2.45) is 0 Å². The third-order valence-electron chi connectivity index (χ3n) is 3.62. The summed E-state index contributed by atoms with van der Waals surface area (Å²) in [6.07, 6.45) is 4.87. The maximum absolute atomic E-state index is 10.4. The summed E-state index contributed by atoms with van der Waals surface area (Å²) >= 11 is 0. The molecule has 0 unspecified atom stereocenters. The van der Waals surface area contributed by atoms with Crippen molar-refractivity contribution >= 4 is 0 Å². The van der Waals surface area contributed by atoms with Crippen molar-refractivity contribution in [3.05, 3.63) is 39.3 Å². The molecule has 0 spiro atoms. The highest BCUT2D eigenvalue weighted by Crippen LogP contribution is 2.27. The van der Waals surface area contributed by atoms with Gasteiger partial charge in [-0.05, 0) is 148 Å². The number of hydrogen-bond acceptors (Lipinski definition) is 5. The van der Waals surface area contributed by atoms with E-state index in [1.54, 1.807) is 11.8 Å². The minimum atomic E-state index is 0. The second kappa shape index (κ2) is 25.2. The van der Waals surface area contributed by atoms with Crippen LogP contribution in [0.25, 0.3) is 10.4 Å². The van der Waals surface area contributed by atoms with E-state index in [1.165, 1.54) is 5.56 Å². The van der Waals surface area contributed by atoms with Crippen molar-refractivity contribution in [1.82, 2.24) is 14.7 Å². The molecule has 0 saturated heterocycles. The first kappa shape index (κ1) is 37.6. The van der Waals surface area contributed by atoms with E-state index in [0.717, 1.165) is 30.8 Å². The monoisotopic (exact) mass is 532 g/mol. The van der Waals surface area contributed by atoms with Gasteiger partial charge in [-0.3, -0.25) is 0 Å². The summed E-state index contributed by atoms with van der Waals surface area (Å²) in [5, 5.41) is 10.4. The Morgan fingerprint density at radius 1 is 0.763 bits per heavy atom. The van der Waals surface area contributed by atoms with Crippen LogP contribution in [0.5, 0.6) is 5.75 Å². The molecule has 1 aromatic carbocycles. The summed E-state index contributed by atoms with van der Waals surface area (Å²) in [6.45, 7) is 4.11. The fourth-order valence-electron chi connectivity index (χ4n) is 2.59. The van der Waals surface area contributed by atoms with Gasteiger partial charge in [-0.25, -0.2) is 0 Å². The van der Waals surface area contributed by atoms with Gasteiger partial charge in [-0.2, -0.15) is 0 Å². The second-order valence-corrected chi connectivity index (χ2v) is 7.85. The molecule has 8 nitrogen and oxygen atoms in total. The molecule has 38 heavy (non-hydrogen) atoms. The van der Waals surface area contributed by atoms with Crippen molar-refractivity contribution in [3.8, 4) is 89.1 Å². The first-order valence-electron chi connectivity index (χ1n) is 10.8. The van der Waals surface area contributed by atoms with Crippen molar-refractivity contribution in [3.63, 3.8) is 0 Å². The molecule has 4 N–H and O–H groups in total. The molecule has 1 rings (SSSR count). The Morgan fingerprint density at radius 3 is 1.37 bits per heavy atom. The Labute approximate surface area is 244 Å². The van der Waals surface area contributed by atoms with Gasteiger partial charge in [0.05, 0.1) is 0 Å². The van der Waals surface area contributed by atoms with Crippen molar-refractivity contribution in [1.29, 1.82) is 5.53 Å². The SMILES string of the molecule is C#CC#CC#CC#CC#CC#CC#CC.CN(C)Cc1cc(CN(C)C)c(O)c(CN(C)C)c1.O.[HH].[HH].[HH].[HH].[HH].[HH].[HH].[HH].[HH].[HH].[HH].[N-]=[N+]=N. The van der Waals surface area contributed by atoms with Crippen molar-refractivity contribution in [2.45, 2.75) is 26.6 Å². The van der Waals surface area contributed by atoms with Crippen LogP contribution in [-0.4, -0.2) is 67.6 Å². The van der Waals surface area contributed by atoms with Crippen LogP contribution < -0.4 is 0 Å². The number of aromatic hydroxyl groups is 1. The number of rotatable bonds is 6. The van der Waals surface area contributed by atoms with E-state index in [0.29, 0.717) is 5.75 Å². The molecule has 0 fully saturated rings. The molecular weight excluding hydrogens is 476 g/mol. The largest absolute Gasteiger partial charge is 0.507 e. The molecule has 0 saturated carbocycles. The van der Waals surface area contributed by atoms with Crippen molar-refractivity contribution < 1.29 is 26.3 Å². The van der Waals surface area contributed by atoms with E-state index in [2.05, 4.69) is 118 Å². The predicted molar refractivity (Wildman–Crippen MR) is 178 cm³/mol. The zero-order valence-electron chi connectivity index (χ0n) is 23.0. The summed E-state index contributed by atoms with van der Waals surface area (Å²) in [6, 6.07) is 4.21. The standard InChI is InChI=1S/C15H27N3O.C15H4.HN3.H2O.11H2/c1-16(2)9-12-7-13(10-17(3)4)15(19)14(8-12)11-18(5)6;1-3-5-7-9-11-13-15-14-12-10-8-6-4-2;1-3-2;;;;;;;;;;;;/h7-8,19H,9-11H2,1-6H3;1H,2H3;1H;1H2;11*1H. The summed E-state index contributed by atoms with van der Waals surface area (Å²) in [4.78, 5) is 8.05. The van der Waals surface area contributed by atoms with Gasteiger partial charge in [-0.1, -0.05) is 5.92 Å². The molecule has 218 valence electrons. The van der Waals surface area contributed by atoms with Crippen LogP contribution in [0.4, 0.5) is 0 Å². The summed E-state index contributed by atoms with van der Waals surface area (Å²) in [5.74, 6) is 32.4. The van der Waals surface area contributed by atoms with Gasteiger partial charge in [0.25, 0.3) is 0 Å². The number of terminal acetylenes is 1. The lowest BCUT2D eigenvalue weighted by molar-refractivity contribution is 0.365. The number of phenols is 1. The van der Waals surface area contributed by atoms with Crippen LogP contribution in [0, 0.1) is 88.9 Å². The summed E-state index contributed by atoms with van der Waals surface area (Å²) < 4.78 is 0. The molecule has 1 aromatic rings. The lowest BCUT2D eigenvalue weighted by Gasteiger charge is -2.19. The molecule has 0 radical (unpaired) electrons. The van der Waals surface area contributed by atoms with Gasteiger partial charge in [0, 0.05) is 46.5 Å². The van der Waals surface area contributed by atoms with E-state index in [4.69, 9.17) is 17.5 Å². The molecule has 0 aliphatic rings. The maximum Gasteiger partial charge on any atom is 0.124 e. The van der Waals surface area contributed by atoms with Crippen LogP contribution in [0.1, 0.15) is 39.3 Å². The number of phenolic OH excluding ortho intramolecular Hbond substituents is 1. The van der Waals surface area contributed by atoms with E-state index in [1.807, 2.05) is 28.2 Å². The van der Waals surface area contributed by atoms with Crippen LogP contribution >= 0.6 is 0 Å². The number of hydrogen-bond donors (Lipinski definition) is 2. The first-order chi connectivity index (χ1) is 17.6. The molecule has 0 aromatic heterocycles. The normalized spacial score (nSPS) is 7.61. The van der Waals surface area contributed by atoms with E-state index >= 15 is 0 Å². The first-order valence-corrected chi connectivity index (χ1v) is 10.8. The van der Waals surface area contributed by atoms with Crippen LogP contribution in [0.15, 0.2) is 12.1 Å². The fraction of sp³-hybridized carbons (Fsp3) is 0.333. The zero-order valence-corrected chi connectivity index (χ0v) is 23.0. The van der Waals surface area contributed by atoms with Gasteiger partial charge in [0.1, 0.15) is 5.75 Å². The maximum atomic E-state index is 10.4. The quantitative estimate of drug-likeness (QED) is 0.232. The highest BCUT2D eigenvalue weighted by atomic mass is 16.3. The topological polar surface area (TPSA) is 122 Å². The Hall–Kier alpha value is -4.91. The molecule has 8 heteroatoms. The number of nitrogens with zero attached hydrogens (tertiary/aromatic N) is 5. The van der Waals surface area contributed by atoms with E-state index in [9.17, 15) is 5.11 Å². The Kier molecular flexibility index (Phi) is 24.9. The third-order valence-corrected chi connectivity index (χ3v) is 3.62. The molecule has 0 atom stereocenters. The minimum Gasteiger partial charge on any atom is -0.507 e. The van der Waals surface area contributed by atoms with E-state index < -0.39 is 0 Å². The number of benzene rings is 1. The summed E-state index contributed by atoms with van der Waals surface area (Å²) in [5.41, 5.74) is 15.5. The lowest BCUT2D eigenvalue weighted by atomic mass is 10.0. The Morgan fingerprint density at radius 2 is 1.08 bits per heavy atom. The van der Waals surface area contributed by atoms with Gasteiger partial charge < -0.3 is 25.3 Å². The average Bonchev–Trinajstić information content (AvgIpc) is 2.80. The molecular formula is C30H56N6O2. The van der Waals surface area contributed by atoms with Crippen LogP contribution in [0.3, 0.4) is 0 Å². The fourth-order valence-corrected chi connectivity index (χ4v) is 2.59. The van der Waals surface area contributed by atoms with Crippen LogP contribution in [0.2, 0.25) is 0 Å². The molecule has 0 heterocycles. The Balaban J connectivity index is -0.0000000318.